The minimum Gasteiger partial charge on any atom is -0.455 e. The number of hydrazine groups is 1. The minimum atomic E-state index is -0.0561. The molecule has 0 amide bonds. The molecule has 3 aliphatic carbocycles. The first-order valence-electron chi connectivity index (χ1n) is 22.4. The fourth-order valence-corrected chi connectivity index (χ4v) is 11.7. The number of hydrogen-bond acceptors (Lipinski definition) is 3. The third-order valence-corrected chi connectivity index (χ3v) is 14.8. The van der Waals surface area contributed by atoms with Gasteiger partial charge in [-0.1, -0.05) is 139 Å². The first-order valence-corrected chi connectivity index (χ1v) is 22.4. The standard InChI is InChI=1S/C58H50N3O/c1-32-38-18-11-12-19-39(38)33(2)44-30-49-48(29-43(32)44)59(37-27-35(57(3,4)5)26-36(28-37)58(6,7)8)50-31-45-41-21-14-16-24-51(41)62-56(45)53-46-25-34-17-9-10-20-40(34)52-42-22-13-15-23-47(42)60(54(46)52)61(49)55(50)53/h9-28,30-31,47,54H,29H2,1-8H3/q+1. The molecule has 4 heteroatoms. The third-order valence-electron chi connectivity index (χ3n) is 14.8. The van der Waals surface area contributed by atoms with Crippen LogP contribution in [-0.4, -0.2) is 22.8 Å². The van der Waals surface area contributed by atoms with Crippen LogP contribution in [0.15, 0.2) is 137 Å². The summed E-state index contributed by atoms with van der Waals surface area (Å²) in [6, 6.07) is 36.6. The van der Waals surface area contributed by atoms with E-state index in [4.69, 9.17) is 4.42 Å². The molecule has 4 heterocycles. The molecule has 4 nitrogen and oxygen atoms in total. The molecule has 6 aromatic carbocycles. The van der Waals surface area contributed by atoms with Crippen LogP contribution in [0.25, 0.3) is 56.0 Å². The van der Waals surface area contributed by atoms with Gasteiger partial charge in [0, 0.05) is 29.0 Å². The Morgan fingerprint density at radius 2 is 1.40 bits per heavy atom. The number of para-hydroxylation sites is 1. The lowest BCUT2D eigenvalue weighted by molar-refractivity contribution is 0.258. The first-order chi connectivity index (χ1) is 29.9. The van der Waals surface area contributed by atoms with Crippen molar-refractivity contribution in [2.75, 3.05) is 5.01 Å². The van der Waals surface area contributed by atoms with Gasteiger partial charge in [-0.25, -0.2) is 0 Å². The van der Waals surface area contributed by atoms with Crippen LogP contribution in [0.5, 0.6) is 0 Å². The minimum absolute atomic E-state index is 0.0114. The Bertz CT molecular complexity index is 3400. The molecule has 0 fully saturated rings. The lowest BCUT2D eigenvalue weighted by Gasteiger charge is -2.50. The van der Waals surface area contributed by atoms with Gasteiger partial charge >= 0.3 is 0 Å². The van der Waals surface area contributed by atoms with Crippen LogP contribution in [0, 0.1) is 13.8 Å². The maximum Gasteiger partial charge on any atom is 0.238 e. The Morgan fingerprint density at radius 1 is 0.710 bits per heavy atom. The zero-order valence-corrected chi connectivity index (χ0v) is 36.8. The summed E-state index contributed by atoms with van der Waals surface area (Å²) < 4.78 is 9.80. The molecular weight excluding hydrogens is 755 g/mol. The van der Waals surface area contributed by atoms with Gasteiger partial charge in [0.05, 0.1) is 24.1 Å². The summed E-state index contributed by atoms with van der Waals surface area (Å²) in [7, 11) is 0. The number of nitrogens with zero attached hydrogens (tertiary/aromatic N) is 3. The quantitative estimate of drug-likeness (QED) is 0.154. The highest BCUT2D eigenvalue weighted by atomic mass is 16.3. The molecule has 62 heavy (non-hydrogen) atoms. The molecule has 6 aliphatic rings. The predicted octanol–water partition coefficient (Wildman–Crippen LogP) is 14.1. The van der Waals surface area contributed by atoms with Crippen LogP contribution in [0.4, 0.5) is 17.1 Å². The van der Waals surface area contributed by atoms with Crippen LogP contribution in [0.2, 0.25) is 0 Å². The molecule has 3 aliphatic heterocycles. The Kier molecular flexibility index (Phi) is 7.07. The summed E-state index contributed by atoms with van der Waals surface area (Å²) in [5.74, 6) is 0. The Hall–Kier alpha value is -6.49. The summed E-state index contributed by atoms with van der Waals surface area (Å²) in [5.41, 5.74) is 23.9. The molecule has 2 atom stereocenters. The molecule has 0 N–H and O–H groups in total. The first kappa shape index (κ1) is 36.2. The lowest BCUT2D eigenvalue weighted by atomic mass is 9.77. The van der Waals surface area contributed by atoms with E-state index in [0.717, 1.165) is 28.4 Å². The molecule has 2 unspecified atom stereocenters. The monoisotopic (exact) mass is 804 g/mol. The zero-order chi connectivity index (χ0) is 42.1. The van der Waals surface area contributed by atoms with E-state index in [1.165, 1.54) is 106 Å². The van der Waals surface area contributed by atoms with Crippen molar-refractivity contribution in [1.82, 2.24) is 9.58 Å². The number of furan rings is 1. The van der Waals surface area contributed by atoms with Gasteiger partial charge in [-0.05, 0) is 115 Å². The van der Waals surface area contributed by atoms with E-state index in [1.54, 1.807) is 0 Å². The summed E-state index contributed by atoms with van der Waals surface area (Å²) in [6.45, 7) is 18.8. The van der Waals surface area contributed by atoms with Gasteiger partial charge in [-0.15, -0.1) is 0 Å². The van der Waals surface area contributed by atoms with E-state index in [0.29, 0.717) is 0 Å². The van der Waals surface area contributed by atoms with Gasteiger partial charge in [0.2, 0.25) is 17.1 Å². The predicted molar refractivity (Wildman–Crippen MR) is 261 cm³/mol. The Morgan fingerprint density at radius 3 is 2.16 bits per heavy atom. The van der Waals surface area contributed by atoms with Crippen molar-refractivity contribution in [2.24, 2.45) is 0 Å². The molecule has 0 bridgehead atoms. The van der Waals surface area contributed by atoms with Gasteiger partial charge in [0.15, 0.2) is 0 Å². The number of benzene rings is 6. The number of rotatable bonds is 1. The number of hydrogen-bond donors (Lipinski definition) is 0. The Labute approximate surface area is 363 Å². The van der Waals surface area contributed by atoms with E-state index in [2.05, 4.69) is 204 Å². The second-order valence-electron chi connectivity index (χ2n) is 20.4. The molecule has 0 saturated carbocycles. The van der Waals surface area contributed by atoms with Gasteiger partial charge in [0.25, 0.3) is 0 Å². The second-order valence-corrected chi connectivity index (χ2v) is 20.4. The number of anilines is 1. The van der Waals surface area contributed by atoms with Crippen LogP contribution in [-0.2, 0) is 17.3 Å². The number of allylic oxidation sites excluding steroid dienone is 3. The van der Waals surface area contributed by atoms with Crippen molar-refractivity contribution in [3.63, 3.8) is 0 Å². The smallest absolute Gasteiger partial charge is 0.238 e. The van der Waals surface area contributed by atoms with Gasteiger partial charge < -0.3 is 4.42 Å². The highest BCUT2D eigenvalue weighted by molar-refractivity contribution is 6.24. The van der Waals surface area contributed by atoms with E-state index in [1.807, 2.05) is 0 Å². The third kappa shape index (κ3) is 4.68. The van der Waals surface area contributed by atoms with E-state index in [9.17, 15) is 0 Å². The molecule has 0 radical (unpaired) electrons. The number of aryl methyl sites for hydroxylation is 2. The van der Waals surface area contributed by atoms with Crippen molar-refractivity contribution >= 4 is 78.8 Å². The maximum atomic E-state index is 7.14. The number of fused-ring (bicyclic) bond motifs is 14. The summed E-state index contributed by atoms with van der Waals surface area (Å²) in [4.78, 5) is 0. The fraction of sp³-hybridized carbons (Fsp3) is 0.224. The van der Waals surface area contributed by atoms with Crippen LogP contribution in [0.1, 0.15) is 91.6 Å². The summed E-state index contributed by atoms with van der Waals surface area (Å²) >= 11 is 0. The molecule has 1 aromatic heterocycles. The van der Waals surface area contributed by atoms with Crippen LogP contribution >= 0.6 is 0 Å². The summed E-state index contributed by atoms with van der Waals surface area (Å²) in [5, 5.41) is 10.3. The Balaban J connectivity index is 1.24. The largest absolute Gasteiger partial charge is 0.455 e. The SMILES string of the molecule is Cc1c2c(c(C)c3ccccc13)CC1=[N+](c3cc(C(C)(C)C)cc(C(C)(C)C)c3)c3cc4c(oc5ccccc54)c4c3N(C1=C2)N1C2C=CC=CC2=C2c3ccccc3C=C4C21. The normalized spacial score (nSPS) is 19.7. The van der Waals surface area contributed by atoms with Crippen molar-refractivity contribution < 1.29 is 4.42 Å². The average Bonchev–Trinajstić information content (AvgIpc) is 3.82. The van der Waals surface area contributed by atoms with Crippen molar-refractivity contribution in [1.29, 1.82) is 0 Å². The topological polar surface area (TPSA) is 22.6 Å². The van der Waals surface area contributed by atoms with Gasteiger partial charge in [0.1, 0.15) is 22.6 Å². The van der Waals surface area contributed by atoms with E-state index < -0.39 is 0 Å². The lowest BCUT2D eigenvalue weighted by Crippen LogP contribution is -2.57. The van der Waals surface area contributed by atoms with E-state index >= 15 is 0 Å². The average molecular weight is 805 g/mol. The maximum absolute atomic E-state index is 7.14. The van der Waals surface area contributed by atoms with Crippen molar-refractivity contribution in [3.8, 4) is 0 Å². The van der Waals surface area contributed by atoms with Crippen molar-refractivity contribution in [2.45, 2.75) is 84.7 Å². The molecule has 7 aromatic rings. The zero-order valence-electron chi connectivity index (χ0n) is 36.8. The second kappa shape index (κ2) is 12.1. The van der Waals surface area contributed by atoms with E-state index in [-0.39, 0.29) is 22.9 Å². The van der Waals surface area contributed by atoms with Crippen molar-refractivity contribution in [3.05, 3.63) is 183 Å². The fourth-order valence-electron chi connectivity index (χ4n) is 11.7. The van der Waals surface area contributed by atoms with Gasteiger partial charge in [-0.2, -0.15) is 9.58 Å². The van der Waals surface area contributed by atoms with Crippen LogP contribution < -0.4 is 9.58 Å². The summed E-state index contributed by atoms with van der Waals surface area (Å²) in [6.07, 6.45) is 15.1. The highest BCUT2D eigenvalue weighted by Crippen LogP contribution is 2.61. The molecule has 13 rings (SSSR count). The molecule has 0 saturated heterocycles. The van der Waals surface area contributed by atoms with Gasteiger partial charge in [-0.3, -0.25) is 5.01 Å². The molecular formula is C58H50N3O+. The van der Waals surface area contributed by atoms with Crippen LogP contribution in [0.3, 0.4) is 0 Å². The molecule has 302 valence electrons. The molecule has 0 spiro atoms. The highest BCUT2D eigenvalue weighted by Gasteiger charge is 2.57.